The van der Waals surface area contributed by atoms with Crippen LogP contribution in [0.5, 0.6) is 0 Å². The van der Waals surface area contributed by atoms with Gasteiger partial charge in [0.05, 0.1) is 0 Å². The summed E-state index contributed by atoms with van der Waals surface area (Å²) >= 11 is 4.84. The van der Waals surface area contributed by atoms with Crippen LogP contribution in [0.4, 0.5) is 24.5 Å². The number of aromatic nitrogens is 2. The zero-order valence-corrected chi connectivity index (χ0v) is 12.2. The van der Waals surface area contributed by atoms with Crippen molar-refractivity contribution < 1.29 is 17.7 Å². The minimum Gasteiger partial charge on any atom is -0.356 e. The van der Waals surface area contributed by atoms with E-state index >= 15 is 0 Å². The Morgan fingerprint density at radius 2 is 1.78 bits per heavy atom. The summed E-state index contributed by atoms with van der Waals surface area (Å²) < 4.78 is 43.2. The number of hydrogen-bond acceptors (Lipinski definition) is 4. The number of alkyl halides is 3. The van der Waals surface area contributed by atoms with Crippen LogP contribution in [0, 0.1) is 5.82 Å². The Bertz CT molecular complexity index is 815. The molecule has 3 aromatic rings. The van der Waals surface area contributed by atoms with Crippen LogP contribution in [0.3, 0.4) is 0 Å². The van der Waals surface area contributed by atoms with Crippen molar-refractivity contribution in [1.82, 2.24) is 10.1 Å². The Balaban J connectivity index is 1.85. The van der Waals surface area contributed by atoms with Crippen LogP contribution >= 0.6 is 11.6 Å². The molecule has 0 amide bonds. The average Bonchev–Trinajstić information content (AvgIpc) is 3.00. The molecule has 0 saturated heterocycles. The molecule has 23 heavy (non-hydrogen) atoms. The monoisotopic (exact) mass is 339 g/mol. The van der Waals surface area contributed by atoms with Crippen molar-refractivity contribution >= 4 is 23.0 Å². The van der Waals surface area contributed by atoms with Crippen LogP contribution in [-0.4, -0.2) is 10.1 Å². The number of anilines is 2. The molecule has 1 aromatic heterocycles. The standard InChI is InChI=1S/C15H9ClF3N3O/c16-15(18,19)14-21-13(22-23-14)9-2-1-3-12(8-9)20-11-6-4-10(17)5-7-11/h1-8,20H. The second kappa shape index (κ2) is 5.92. The molecule has 0 unspecified atom stereocenters. The van der Waals surface area contributed by atoms with E-state index in [-0.39, 0.29) is 11.6 Å². The van der Waals surface area contributed by atoms with E-state index in [1.807, 2.05) is 0 Å². The Kier molecular flexibility index (Phi) is 3.96. The number of nitrogens with one attached hydrogen (secondary N) is 1. The predicted molar refractivity (Wildman–Crippen MR) is 79.2 cm³/mol. The van der Waals surface area contributed by atoms with Gasteiger partial charge in [0, 0.05) is 16.9 Å². The van der Waals surface area contributed by atoms with E-state index in [9.17, 15) is 13.2 Å². The van der Waals surface area contributed by atoms with Crippen LogP contribution < -0.4 is 5.32 Å². The highest BCUT2D eigenvalue weighted by molar-refractivity contribution is 6.21. The number of halogens is 4. The molecule has 3 rings (SSSR count). The van der Waals surface area contributed by atoms with Gasteiger partial charge in [-0.15, -0.1) is 0 Å². The molecule has 0 bridgehead atoms. The number of hydrogen-bond donors (Lipinski definition) is 1. The third-order valence-corrected chi connectivity index (χ3v) is 3.08. The summed E-state index contributed by atoms with van der Waals surface area (Å²) in [5.41, 5.74) is 1.79. The smallest absolute Gasteiger partial charge is 0.356 e. The van der Waals surface area contributed by atoms with Gasteiger partial charge in [0.1, 0.15) is 5.82 Å². The molecular weight excluding hydrogens is 331 g/mol. The Hall–Kier alpha value is -2.54. The van der Waals surface area contributed by atoms with Crippen LogP contribution in [-0.2, 0) is 5.38 Å². The van der Waals surface area contributed by atoms with Gasteiger partial charge in [0.2, 0.25) is 5.82 Å². The Morgan fingerprint density at radius 3 is 2.43 bits per heavy atom. The largest absolute Gasteiger partial charge is 0.400 e. The van der Waals surface area contributed by atoms with E-state index in [0.717, 1.165) is 0 Å². The molecule has 0 aliphatic carbocycles. The van der Waals surface area contributed by atoms with Crippen molar-refractivity contribution in [2.45, 2.75) is 5.38 Å². The SMILES string of the molecule is Fc1ccc(Nc2cccc(-c3noc(C(F)(F)Cl)n3)c2)cc1. The van der Waals surface area contributed by atoms with Crippen LogP contribution in [0.2, 0.25) is 0 Å². The van der Waals surface area contributed by atoms with Gasteiger partial charge in [-0.3, -0.25) is 0 Å². The number of benzene rings is 2. The summed E-state index contributed by atoms with van der Waals surface area (Å²) in [4.78, 5) is 3.57. The minimum absolute atomic E-state index is 0.0110. The summed E-state index contributed by atoms with van der Waals surface area (Å²) in [5.74, 6) is -1.32. The van der Waals surface area contributed by atoms with E-state index in [2.05, 4.69) is 20.0 Å². The van der Waals surface area contributed by atoms with Crippen molar-refractivity contribution in [2.24, 2.45) is 0 Å². The summed E-state index contributed by atoms with van der Waals surface area (Å²) in [5, 5.41) is 2.82. The average molecular weight is 340 g/mol. The van der Waals surface area contributed by atoms with E-state index < -0.39 is 11.3 Å². The molecule has 0 aliphatic heterocycles. The van der Waals surface area contributed by atoms with E-state index in [1.54, 1.807) is 36.4 Å². The van der Waals surface area contributed by atoms with Gasteiger partial charge in [-0.1, -0.05) is 17.3 Å². The van der Waals surface area contributed by atoms with Crippen LogP contribution in [0.1, 0.15) is 5.89 Å². The molecule has 0 radical (unpaired) electrons. The molecule has 0 fully saturated rings. The van der Waals surface area contributed by atoms with Crippen LogP contribution in [0.25, 0.3) is 11.4 Å². The first kappa shape index (κ1) is 15.4. The molecule has 0 aliphatic rings. The fourth-order valence-corrected chi connectivity index (χ4v) is 1.97. The molecule has 0 atom stereocenters. The highest BCUT2D eigenvalue weighted by atomic mass is 35.5. The first-order valence-corrected chi connectivity index (χ1v) is 6.83. The van der Waals surface area contributed by atoms with Gasteiger partial charge in [0.25, 0.3) is 0 Å². The minimum atomic E-state index is -3.71. The van der Waals surface area contributed by atoms with E-state index in [1.165, 1.54) is 12.1 Å². The first-order chi connectivity index (χ1) is 10.9. The third-order valence-electron chi connectivity index (χ3n) is 2.92. The molecule has 2 aromatic carbocycles. The topological polar surface area (TPSA) is 51.0 Å². The lowest BCUT2D eigenvalue weighted by molar-refractivity contribution is 0.0551. The lowest BCUT2D eigenvalue weighted by atomic mass is 10.2. The van der Waals surface area contributed by atoms with Crippen molar-refractivity contribution in [3.63, 3.8) is 0 Å². The number of nitrogens with zero attached hydrogens (tertiary/aromatic N) is 2. The lowest BCUT2D eigenvalue weighted by Gasteiger charge is -2.07. The maximum Gasteiger partial charge on any atom is 0.400 e. The fraction of sp³-hybridized carbons (Fsp3) is 0.0667. The van der Waals surface area contributed by atoms with Crippen molar-refractivity contribution in [2.75, 3.05) is 5.32 Å². The second-order valence-electron chi connectivity index (χ2n) is 4.63. The van der Waals surface area contributed by atoms with Crippen molar-refractivity contribution in [1.29, 1.82) is 0 Å². The van der Waals surface area contributed by atoms with Crippen molar-refractivity contribution in [3.05, 3.63) is 60.2 Å². The summed E-state index contributed by atoms with van der Waals surface area (Å²) in [7, 11) is 0. The molecule has 1 N–H and O–H groups in total. The maximum absolute atomic E-state index is 12.9. The number of rotatable bonds is 4. The lowest BCUT2D eigenvalue weighted by Crippen LogP contribution is -2.03. The van der Waals surface area contributed by atoms with E-state index in [4.69, 9.17) is 11.6 Å². The summed E-state index contributed by atoms with van der Waals surface area (Å²) in [6.07, 6.45) is 0. The van der Waals surface area contributed by atoms with Crippen molar-refractivity contribution in [3.8, 4) is 11.4 Å². The molecule has 8 heteroatoms. The van der Waals surface area contributed by atoms with Gasteiger partial charge in [-0.2, -0.15) is 13.8 Å². The molecule has 0 saturated carbocycles. The molecule has 4 nitrogen and oxygen atoms in total. The Morgan fingerprint density at radius 1 is 1.04 bits per heavy atom. The fourth-order valence-electron chi connectivity index (χ4n) is 1.89. The van der Waals surface area contributed by atoms with Gasteiger partial charge in [-0.25, -0.2) is 4.39 Å². The van der Waals surface area contributed by atoms with Gasteiger partial charge in [-0.05, 0) is 48.0 Å². The summed E-state index contributed by atoms with van der Waals surface area (Å²) in [6.45, 7) is 0. The highest BCUT2D eigenvalue weighted by Gasteiger charge is 2.35. The highest BCUT2D eigenvalue weighted by Crippen LogP contribution is 2.32. The molecule has 0 spiro atoms. The summed E-state index contributed by atoms with van der Waals surface area (Å²) in [6, 6.07) is 12.5. The predicted octanol–water partition coefficient (Wildman–Crippen LogP) is 4.91. The second-order valence-corrected chi connectivity index (χ2v) is 5.11. The Labute approximate surface area is 133 Å². The first-order valence-electron chi connectivity index (χ1n) is 6.46. The zero-order valence-electron chi connectivity index (χ0n) is 11.4. The maximum atomic E-state index is 12.9. The molecular formula is C15H9ClF3N3O. The zero-order chi connectivity index (χ0) is 16.4. The normalized spacial score (nSPS) is 11.5. The van der Waals surface area contributed by atoms with Gasteiger partial charge < -0.3 is 9.84 Å². The molecule has 118 valence electrons. The van der Waals surface area contributed by atoms with Gasteiger partial charge in [0.15, 0.2) is 0 Å². The third kappa shape index (κ3) is 3.62. The van der Waals surface area contributed by atoms with E-state index in [0.29, 0.717) is 16.9 Å². The van der Waals surface area contributed by atoms with Crippen LogP contribution in [0.15, 0.2) is 53.1 Å². The van der Waals surface area contributed by atoms with Gasteiger partial charge >= 0.3 is 11.3 Å². The molecule has 1 heterocycles. The quantitative estimate of drug-likeness (QED) is 0.686.